The predicted molar refractivity (Wildman–Crippen MR) is 65.9 cm³/mol. The van der Waals surface area contributed by atoms with Gasteiger partial charge in [0.15, 0.2) is 11.1 Å². The van der Waals surface area contributed by atoms with Crippen LogP contribution < -0.4 is 16.5 Å². The summed E-state index contributed by atoms with van der Waals surface area (Å²) in [6, 6.07) is 13.1. The van der Waals surface area contributed by atoms with Crippen molar-refractivity contribution in [3.63, 3.8) is 0 Å². The molecule has 6 heteroatoms. The van der Waals surface area contributed by atoms with E-state index in [0.29, 0.717) is 5.75 Å². The Morgan fingerprint density at radius 3 is 2.31 bits per heavy atom. The van der Waals surface area contributed by atoms with Crippen molar-refractivity contribution in [1.82, 2.24) is 0 Å². The standard InChI is InChI=1S/C10H7NO2.H4N2.Na.H/c12-11-13-10-7-3-5-8-4-1-2-6-9(8)10;1-2;;/h1-7H;1-2H2;;. The maximum atomic E-state index is 9.95. The number of hydrazine groups is 1. The van der Waals surface area contributed by atoms with E-state index in [0.717, 1.165) is 10.8 Å². The van der Waals surface area contributed by atoms with Gasteiger partial charge in [-0.2, -0.15) is 0 Å². The quantitative estimate of drug-likeness (QED) is 0.349. The molecular weight excluding hydrogens is 217 g/mol. The Balaban J connectivity index is 0.000000711. The zero-order chi connectivity index (χ0) is 11.1. The van der Waals surface area contributed by atoms with Crippen molar-refractivity contribution < 1.29 is 4.84 Å². The molecule has 2 aromatic carbocycles. The fraction of sp³-hybridized carbons (Fsp3) is 0. The van der Waals surface area contributed by atoms with Gasteiger partial charge in [0, 0.05) is 5.39 Å². The van der Waals surface area contributed by atoms with E-state index in [1.807, 2.05) is 36.4 Å². The predicted octanol–water partition coefficient (Wildman–Crippen LogP) is 1.07. The summed E-state index contributed by atoms with van der Waals surface area (Å²) in [7, 11) is 0. The summed E-state index contributed by atoms with van der Waals surface area (Å²) in [4.78, 5) is 14.5. The Morgan fingerprint density at radius 1 is 1.00 bits per heavy atom. The molecule has 0 aliphatic carbocycles. The summed E-state index contributed by atoms with van der Waals surface area (Å²) >= 11 is 0. The SMILES string of the molecule is NN.O=NOc1cccc2ccccc12.[NaH]. The summed E-state index contributed by atoms with van der Waals surface area (Å²) in [5.74, 6) is 8.49. The molecule has 0 heterocycles. The minimum absolute atomic E-state index is 0. The van der Waals surface area contributed by atoms with Gasteiger partial charge in [-0.3, -0.25) is 11.7 Å². The van der Waals surface area contributed by atoms with Crippen LogP contribution in [0.1, 0.15) is 0 Å². The molecule has 0 fully saturated rings. The van der Waals surface area contributed by atoms with Gasteiger partial charge >= 0.3 is 29.6 Å². The van der Waals surface area contributed by atoms with Crippen molar-refractivity contribution >= 4 is 40.3 Å². The van der Waals surface area contributed by atoms with Crippen molar-refractivity contribution in [2.24, 2.45) is 17.0 Å². The number of nitrogens with two attached hydrogens (primary N) is 2. The second-order valence-corrected chi connectivity index (χ2v) is 2.64. The van der Waals surface area contributed by atoms with Crippen LogP contribution in [-0.4, -0.2) is 29.6 Å². The maximum absolute atomic E-state index is 9.95. The fourth-order valence-corrected chi connectivity index (χ4v) is 1.32. The second-order valence-electron chi connectivity index (χ2n) is 2.64. The number of fused-ring (bicyclic) bond motifs is 1. The summed E-state index contributed by atoms with van der Waals surface area (Å²) in [5, 5.41) is 4.33. The topological polar surface area (TPSA) is 90.7 Å². The normalized spacial score (nSPS) is 8.38. The molecule has 0 aromatic heterocycles. The summed E-state index contributed by atoms with van der Waals surface area (Å²) in [6.45, 7) is 0. The number of nitrogens with zero attached hydrogens (tertiary/aromatic N) is 1. The average molecular weight is 229 g/mol. The third kappa shape index (κ3) is 3.55. The molecule has 0 saturated carbocycles. The van der Waals surface area contributed by atoms with Crippen LogP contribution in [0.4, 0.5) is 0 Å². The Kier molecular flexibility index (Phi) is 7.70. The number of rotatable bonds is 2. The number of hydrogen-bond acceptors (Lipinski definition) is 5. The van der Waals surface area contributed by atoms with E-state index in [9.17, 15) is 4.91 Å². The Labute approximate surface area is 115 Å². The molecular formula is C10H12N3NaO2. The average Bonchev–Trinajstić information content (AvgIpc) is 2.33. The van der Waals surface area contributed by atoms with Crippen LogP contribution in [-0.2, 0) is 0 Å². The minimum atomic E-state index is 0. The molecule has 0 radical (unpaired) electrons. The van der Waals surface area contributed by atoms with Crippen molar-refractivity contribution in [2.45, 2.75) is 0 Å². The van der Waals surface area contributed by atoms with E-state index >= 15 is 0 Å². The van der Waals surface area contributed by atoms with Crippen molar-refractivity contribution in [3.05, 3.63) is 47.4 Å². The summed E-state index contributed by atoms with van der Waals surface area (Å²) < 4.78 is 0. The Bertz CT molecular complexity index is 446. The van der Waals surface area contributed by atoms with E-state index in [1.165, 1.54) is 0 Å². The third-order valence-corrected chi connectivity index (χ3v) is 1.89. The molecule has 80 valence electrons. The number of hydrogen-bond donors (Lipinski definition) is 2. The molecule has 0 amide bonds. The van der Waals surface area contributed by atoms with Gasteiger partial charge in [-0.05, 0) is 11.5 Å². The van der Waals surface area contributed by atoms with Crippen molar-refractivity contribution in [3.8, 4) is 5.75 Å². The molecule has 5 nitrogen and oxygen atoms in total. The molecule has 0 aliphatic heterocycles. The molecule has 2 rings (SSSR count). The van der Waals surface area contributed by atoms with Gasteiger partial charge in [0.2, 0.25) is 0 Å². The van der Waals surface area contributed by atoms with E-state index in [4.69, 9.17) is 0 Å². The van der Waals surface area contributed by atoms with Crippen molar-refractivity contribution in [2.75, 3.05) is 0 Å². The van der Waals surface area contributed by atoms with E-state index in [1.54, 1.807) is 6.07 Å². The molecule has 16 heavy (non-hydrogen) atoms. The van der Waals surface area contributed by atoms with E-state index < -0.39 is 0 Å². The van der Waals surface area contributed by atoms with Gasteiger partial charge in [0.1, 0.15) is 0 Å². The third-order valence-electron chi connectivity index (χ3n) is 1.89. The first kappa shape index (κ1) is 15.0. The zero-order valence-electron chi connectivity index (χ0n) is 7.96. The van der Waals surface area contributed by atoms with Crippen LogP contribution in [0.25, 0.3) is 10.8 Å². The molecule has 4 N–H and O–H groups in total. The van der Waals surface area contributed by atoms with Crippen LogP contribution in [0, 0.1) is 4.91 Å². The molecule has 0 atom stereocenters. The van der Waals surface area contributed by atoms with Gasteiger partial charge in [0.25, 0.3) is 0 Å². The summed E-state index contributed by atoms with van der Waals surface area (Å²) in [6.07, 6.45) is 0. The first-order chi connectivity index (χ1) is 7.42. The van der Waals surface area contributed by atoms with Gasteiger partial charge in [-0.15, -0.1) is 4.91 Å². The molecule has 0 spiro atoms. The second kappa shape index (κ2) is 8.20. The van der Waals surface area contributed by atoms with Crippen LogP contribution in [0.5, 0.6) is 5.75 Å². The van der Waals surface area contributed by atoms with Crippen molar-refractivity contribution in [1.29, 1.82) is 0 Å². The number of benzene rings is 2. The molecule has 0 aliphatic rings. The van der Waals surface area contributed by atoms with Crippen LogP contribution in [0.3, 0.4) is 0 Å². The van der Waals surface area contributed by atoms with Crippen LogP contribution in [0.2, 0.25) is 0 Å². The monoisotopic (exact) mass is 229 g/mol. The Morgan fingerprint density at radius 2 is 1.62 bits per heavy atom. The van der Waals surface area contributed by atoms with Crippen LogP contribution >= 0.6 is 0 Å². The van der Waals surface area contributed by atoms with Gasteiger partial charge in [-0.25, -0.2) is 0 Å². The summed E-state index contributed by atoms with van der Waals surface area (Å²) in [5.41, 5.74) is 0. The fourth-order valence-electron chi connectivity index (χ4n) is 1.32. The van der Waals surface area contributed by atoms with Gasteiger partial charge in [0.05, 0.1) is 0 Å². The molecule has 2 aromatic rings. The first-order valence-electron chi connectivity index (χ1n) is 4.22. The molecule has 0 saturated heterocycles. The molecule has 0 unspecified atom stereocenters. The zero-order valence-corrected chi connectivity index (χ0v) is 7.96. The van der Waals surface area contributed by atoms with Crippen LogP contribution in [0.15, 0.2) is 47.8 Å². The van der Waals surface area contributed by atoms with E-state index in [2.05, 4.69) is 21.9 Å². The Hall–Kier alpha value is -0.980. The van der Waals surface area contributed by atoms with Gasteiger partial charge < -0.3 is 4.84 Å². The molecule has 0 bridgehead atoms. The van der Waals surface area contributed by atoms with Gasteiger partial charge in [-0.1, -0.05) is 36.4 Å². The van der Waals surface area contributed by atoms with E-state index in [-0.39, 0.29) is 29.6 Å². The first-order valence-corrected chi connectivity index (χ1v) is 4.22.